The largest absolute Gasteiger partial charge is 0.493 e. The number of methoxy groups -OCH3 is 2. The fourth-order valence-corrected chi connectivity index (χ4v) is 3.68. The summed E-state index contributed by atoms with van der Waals surface area (Å²) in [6.45, 7) is 3.72. The van der Waals surface area contributed by atoms with E-state index < -0.39 is 23.3 Å². The first-order valence-corrected chi connectivity index (χ1v) is 10.2. The molecule has 1 aliphatic heterocycles. The first kappa shape index (κ1) is 21.5. The lowest BCUT2D eigenvalue weighted by Gasteiger charge is -2.39. The summed E-state index contributed by atoms with van der Waals surface area (Å²) in [6.07, 6.45) is 3.02. The molecule has 0 spiro atoms. The molecule has 7 nitrogen and oxygen atoms in total. The second kappa shape index (κ2) is 8.42. The molecule has 0 bridgehead atoms. The van der Waals surface area contributed by atoms with Gasteiger partial charge >= 0.3 is 11.6 Å². The molecule has 1 atom stereocenters. The maximum absolute atomic E-state index is 12.5. The monoisotopic (exact) mass is 436 g/mol. The number of carbonyl (C=O) groups is 1. The van der Waals surface area contributed by atoms with Crippen LogP contribution in [0.2, 0.25) is 0 Å². The molecule has 0 saturated heterocycles. The Morgan fingerprint density at radius 1 is 1.06 bits per heavy atom. The molecule has 3 aromatic rings. The number of rotatable bonds is 5. The standard InChI is InChI=1S/C25H24O7/c1-25(2)22(13-17-12-16-7-10-23(26)30-19(16)14-20(17)32-25)31-24(27)9-6-15-5-8-18(28-3)21(11-15)29-4/h5-12,14,22H,13H2,1-4H3/b9-6+/t22-/m0/s1. The lowest BCUT2D eigenvalue weighted by Crippen LogP contribution is -2.48. The number of ether oxygens (including phenoxy) is 4. The van der Waals surface area contributed by atoms with E-state index in [1.165, 1.54) is 12.1 Å². The Morgan fingerprint density at radius 2 is 1.84 bits per heavy atom. The topological polar surface area (TPSA) is 84.2 Å². The van der Waals surface area contributed by atoms with Crippen molar-refractivity contribution in [1.29, 1.82) is 0 Å². The Labute approximate surface area is 185 Å². The van der Waals surface area contributed by atoms with Gasteiger partial charge in [-0.3, -0.25) is 0 Å². The van der Waals surface area contributed by atoms with E-state index in [1.54, 1.807) is 44.6 Å². The van der Waals surface area contributed by atoms with Gasteiger partial charge in [0.15, 0.2) is 11.5 Å². The summed E-state index contributed by atoms with van der Waals surface area (Å²) in [6, 6.07) is 12.0. The van der Waals surface area contributed by atoms with Crippen molar-refractivity contribution in [3.05, 3.63) is 70.1 Å². The van der Waals surface area contributed by atoms with Gasteiger partial charge in [-0.2, -0.15) is 0 Å². The molecular weight excluding hydrogens is 412 g/mol. The van der Waals surface area contributed by atoms with Crippen LogP contribution in [-0.2, 0) is 16.0 Å². The van der Waals surface area contributed by atoms with Crippen LogP contribution >= 0.6 is 0 Å². The van der Waals surface area contributed by atoms with E-state index in [9.17, 15) is 9.59 Å². The van der Waals surface area contributed by atoms with Crippen LogP contribution < -0.4 is 19.8 Å². The van der Waals surface area contributed by atoms with Crippen molar-refractivity contribution >= 4 is 23.0 Å². The van der Waals surface area contributed by atoms with E-state index in [-0.39, 0.29) is 0 Å². The minimum absolute atomic E-state index is 0.416. The second-order valence-electron chi connectivity index (χ2n) is 8.04. The van der Waals surface area contributed by atoms with Gasteiger partial charge in [-0.05, 0) is 55.3 Å². The molecule has 2 heterocycles. The average Bonchev–Trinajstić information content (AvgIpc) is 2.76. The van der Waals surface area contributed by atoms with E-state index in [2.05, 4.69) is 0 Å². The van der Waals surface area contributed by atoms with Gasteiger partial charge in [-0.1, -0.05) is 6.07 Å². The summed E-state index contributed by atoms with van der Waals surface area (Å²) in [7, 11) is 3.12. The predicted molar refractivity (Wildman–Crippen MR) is 119 cm³/mol. The Kier molecular flexibility index (Phi) is 5.65. The quantitative estimate of drug-likeness (QED) is 0.337. The number of benzene rings is 2. The summed E-state index contributed by atoms with van der Waals surface area (Å²) in [4.78, 5) is 24.0. The molecule has 7 heteroatoms. The van der Waals surface area contributed by atoms with Crippen LogP contribution in [0.15, 0.2) is 57.8 Å². The van der Waals surface area contributed by atoms with Crippen molar-refractivity contribution < 1.29 is 28.2 Å². The molecule has 2 aromatic carbocycles. The van der Waals surface area contributed by atoms with Crippen molar-refractivity contribution in [3.63, 3.8) is 0 Å². The van der Waals surface area contributed by atoms with Crippen molar-refractivity contribution in [2.24, 2.45) is 0 Å². The molecule has 0 unspecified atom stereocenters. The fourth-order valence-electron chi connectivity index (χ4n) is 3.68. The first-order valence-electron chi connectivity index (χ1n) is 10.2. The molecular formula is C25H24O7. The van der Waals surface area contributed by atoms with Gasteiger partial charge in [0, 0.05) is 30.0 Å². The Morgan fingerprint density at radius 3 is 2.59 bits per heavy atom. The summed E-state index contributed by atoms with van der Waals surface area (Å²) in [5, 5.41) is 0.782. The van der Waals surface area contributed by atoms with Gasteiger partial charge in [-0.15, -0.1) is 0 Å². The Hall–Kier alpha value is -3.74. The minimum atomic E-state index is -0.761. The number of carbonyl (C=O) groups excluding carboxylic acids is 1. The predicted octanol–water partition coefficient (Wildman–Crippen LogP) is 4.15. The Balaban J connectivity index is 1.51. The summed E-state index contributed by atoms with van der Waals surface area (Å²) in [5.74, 6) is 1.32. The van der Waals surface area contributed by atoms with Gasteiger partial charge in [-0.25, -0.2) is 9.59 Å². The van der Waals surface area contributed by atoms with Crippen LogP contribution in [0.5, 0.6) is 17.2 Å². The lowest BCUT2D eigenvalue weighted by atomic mass is 9.90. The van der Waals surface area contributed by atoms with E-state index in [0.29, 0.717) is 29.3 Å². The zero-order chi connectivity index (χ0) is 22.9. The molecule has 0 amide bonds. The molecule has 0 aliphatic carbocycles. The third-order valence-electron chi connectivity index (χ3n) is 5.43. The third kappa shape index (κ3) is 4.32. The highest BCUT2D eigenvalue weighted by atomic mass is 16.6. The zero-order valence-corrected chi connectivity index (χ0v) is 18.3. The molecule has 0 N–H and O–H groups in total. The van der Waals surface area contributed by atoms with E-state index >= 15 is 0 Å². The van der Waals surface area contributed by atoms with Gasteiger partial charge in [0.05, 0.1) is 14.2 Å². The van der Waals surface area contributed by atoms with Crippen LogP contribution in [0.4, 0.5) is 0 Å². The lowest BCUT2D eigenvalue weighted by molar-refractivity contribution is -0.155. The highest BCUT2D eigenvalue weighted by Crippen LogP contribution is 2.37. The maximum atomic E-state index is 12.5. The molecule has 0 radical (unpaired) electrons. The Bertz CT molecular complexity index is 1250. The minimum Gasteiger partial charge on any atom is -0.493 e. The molecule has 166 valence electrons. The van der Waals surface area contributed by atoms with Crippen LogP contribution in [0.3, 0.4) is 0 Å². The molecule has 0 saturated carbocycles. The van der Waals surface area contributed by atoms with Crippen LogP contribution in [0.1, 0.15) is 25.0 Å². The second-order valence-corrected chi connectivity index (χ2v) is 8.04. The number of fused-ring (bicyclic) bond motifs is 2. The van der Waals surface area contributed by atoms with E-state index in [4.69, 9.17) is 23.4 Å². The highest BCUT2D eigenvalue weighted by molar-refractivity contribution is 5.87. The third-order valence-corrected chi connectivity index (χ3v) is 5.43. The van der Waals surface area contributed by atoms with Crippen LogP contribution in [-0.4, -0.2) is 31.9 Å². The number of esters is 1. The molecule has 32 heavy (non-hydrogen) atoms. The van der Waals surface area contributed by atoms with E-state index in [0.717, 1.165) is 16.5 Å². The SMILES string of the molecule is COc1ccc(/C=C/C(=O)O[C@H]2Cc3cc4ccc(=O)oc4cc3OC2(C)C)cc1OC. The van der Waals surface area contributed by atoms with Crippen LogP contribution in [0.25, 0.3) is 17.0 Å². The van der Waals surface area contributed by atoms with Crippen molar-refractivity contribution in [2.75, 3.05) is 14.2 Å². The number of hydrogen-bond acceptors (Lipinski definition) is 7. The van der Waals surface area contributed by atoms with Crippen molar-refractivity contribution in [2.45, 2.75) is 32.0 Å². The van der Waals surface area contributed by atoms with Crippen molar-refractivity contribution in [1.82, 2.24) is 0 Å². The summed E-state index contributed by atoms with van der Waals surface area (Å²) < 4.78 is 27.6. The summed E-state index contributed by atoms with van der Waals surface area (Å²) >= 11 is 0. The van der Waals surface area contributed by atoms with Gasteiger partial charge < -0.3 is 23.4 Å². The first-order chi connectivity index (χ1) is 15.3. The molecule has 1 aromatic heterocycles. The molecule has 0 fully saturated rings. The fraction of sp³-hybridized carbons (Fsp3) is 0.280. The smallest absolute Gasteiger partial charge is 0.336 e. The van der Waals surface area contributed by atoms with Gasteiger partial charge in [0.25, 0.3) is 0 Å². The molecule has 4 rings (SSSR count). The maximum Gasteiger partial charge on any atom is 0.336 e. The molecule has 1 aliphatic rings. The zero-order valence-electron chi connectivity index (χ0n) is 18.3. The van der Waals surface area contributed by atoms with Crippen LogP contribution in [0, 0.1) is 0 Å². The van der Waals surface area contributed by atoms with E-state index in [1.807, 2.05) is 26.0 Å². The van der Waals surface area contributed by atoms with Gasteiger partial charge in [0.1, 0.15) is 23.0 Å². The summed E-state index contributed by atoms with van der Waals surface area (Å²) in [5.41, 5.74) is 0.938. The number of hydrogen-bond donors (Lipinski definition) is 0. The average molecular weight is 436 g/mol. The normalized spacial score (nSPS) is 16.9. The van der Waals surface area contributed by atoms with Gasteiger partial charge in [0.2, 0.25) is 0 Å². The highest BCUT2D eigenvalue weighted by Gasteiger charge is 2.39. The van der Waals surface area contributed by atoms with Crippen molar-refractivity contribution in [3.8, 4) is 17.2 Å².